The van der Waals surface area contributed by atoms with E-state index in [1.807, 2.05) is 6.92 Å². The predicted molar refractivity (Wildman–Crippen MR) is 60.3 cm³/mol. The van der Waals surface area contributed by atoms with Crippen molar-refractivity contribution in [1.29, 1.82) is 0 Å². The first-order chi connectivity index (χ1) is 7.69. The van der Waals surface area contributed by atoms with Gasteiger partial charge >= 0.3 is 0 Å². The first kappa shape index (κ1) is 12.6. The van der Waals surface area contributed by atoms with Crippen LogP contribution in [0.25, 0.3) is 0 Å². The SMILES string of the molecule is CCCC(CN)C(=O)N(C)Cc1ncn[nH]1. The van der Waals surface area contributed by atoms with Gasteiger partial charge < -0.3 is 10.6 Å². The van der Waals surface area contributed by atoms with Crippen molar-refractivity contribution in [1.82, 2.24) is 20.1 Å². The first-order valence-corrected chi connectivity index (χ1v) is 5.48. The fourth-order valence-electron chi connectivity index (χ4n) is 1.61. The van der Waals surface area contributed by atoms with Gasteiger partial charge in [0.25, 0.3) is 0 Å². The zero-order valence-electron chi connectivity index (χ0n) is 9.81. The monoisotopic (exact) mass is 225 g/mol. The third-order valence-electron chi connectivity index (χ3n) is 2.50. The topological polar surface area (TPSA) is 87.9 Å². The Morgan fingerprint density at radius 2 is 2.44 bits per heavy atom. The molecule has 6 heteroatoms. The summed E-state index contributed by atoms with van der Waals surface area (Å²) in [5.74, 6) is 0.668. The summed E-state index contributed by atoms with van der Waals surface area (Å²) in [7, 11) is 1.75. The minimum absolute atomic E-state index is 0.0701. The van der Waals surface area contributed by atoms with E-state index in [9.17, 15) is 4.79 Å². The highest BCUT2D eigenvalue weighted by Gasteiger charge is 2.20. The van der Waals surface area contributed by atoms with Crippen molar-refractivity contribution in [2.75, 3.05) is 13.6 Å². The van der Waals surface area contributed by atoms with Crippen LogP contribution in [-0.2, 0) is 11.3 Å². The average molecular weight is 225 g/mol. The van der Waals surface area contributed by atoms with E-state index in [-0.39, 0.29) is 11.8 Å². The van der Waals surface area contributed by atoms with Gasteiger partial charge in [-0.2, -0.15) is 5.10 Å². The van der Waals surface area contributed by atoms with Crippen molar-refractivity contribution < 1.29 is 4.79 Å². The summed E-state index contributed by atoms with van der Waals surface area (Å²) < 4.78 is 0. The van der Waals surface area contributed by atoms with Crippen LogP contribution < -0.4 is 5.73 Å². The Bertz CT molecular complexity index is 311. The zero-order valence-corrected chi connectivity index (χ0v) is 9.81. The van der Waals surface area contributed by atoms with Crippen LogP contribution in [0.1, 0.15) is 25.6 Å². The number of aromatic nitrogens is 3. The lowest BCUT2D eigenvalue weighted by molar-refractivity contribution is -0.134. The van der Waals surface area contributed by atoms with E-state index in [4.69, 9.17) is 5.73 Å². The van der Waals surface area contributed by atoms with E-state index in [2.05, 4.69) is 15.2 Å². The van der Waals surface area contributed by atoms with Crippen molar-refractivity contribution >= 4 is 5.91 Å². The molecule has 0 bridgehead atoms. The summed E-state index contributed by atoms with van der Waals surface area (Å²) in [5, 5.41) is 6.46. The van der Waals surface area contributed by atoms with Gasteiger partial charge in [0.05, 0.1) is 12.5 Å². The highest BCUT2D eigenvalue weighted by molar-refractivity contribution is 5.78. The molecule has 0 aliphatic carbocycles. The average Bonchev–Trinajstić information content (AvgIpc) is 2.77. The maximum absolute atomic E-state index is 12.0. The molecule has 0 aliphatic rings. The van der Waals surface area contributed by atoms with Crippen LogP contribution in [0, 0.1) is 5.92 Å². The molecule has 1 aromatic heterocycles. The highest BCUT2D eigenvalue weighted by Crippen LogP contribution is 2.09. The van der Waals surface area contributed by atoms with Crippen molar-refractivity contribution in [2.24, 2.45) is 11.7 Å². The Labute approximate surface area is 95.2 Å². The molecule has 1 unspecified atom stereocenters. The van der Waals surface area contributed by atoms with Gasteiger partial charge in [-0.25, -0.2) is 4.98 Å². The van der Waals surface area contributed by atoms with E-state index in [0.717, 1.165) is 12.8 Å². The molecule has 16 heavy (non-hydrogen) atoms. The van der Waals surface area contributed by atoms with Crippen molar-refractivity contribution in [3.05, 3.63) is 12.2 Å². The summed E-state index contributed by atoms with van der Waals surface area (Å²) >= 11 is 0. The summed E-state index contributed by atoms with van der Waals surface area (Å²) in [4.78, 5) is 17.6. The standard InChI is InChI=1S/C10H19N5O/c1-3-4-8(5-11)10(16)15(2)6-9-12-7-13-14-9/h7-8H,3-6,11H2,1-2H3,(H,12,13,14). The van der Waals surface area contributed by atoms with Gasteiger partial charge in [0, 0.05) is 13.6 Å². The zero-order chi connectivity index (χ0) is 12.0. The van der Waals surface area contributed by atoms with Crippen molar-refractivity contribution in [3.8, 4) is 0 Å². The van der Waals surface area contributed by atoms with Gasteiger partial charge in [-0.3, -0.25) is 9.89 Å². The van der Waals surface area contributed by atoms with Crippen LogP contribution in [0.4, 0.5) is 0 Å². The Balaban J connectivity index is 2.52. The molecule has 1 heterocycles. The fraction of sp³-hybridized carbons (Fsp3) is 0.700. The molecule has 0 fully saturated rings. The molecule has 0 spiro atoms. The van der Waals surface area contributed by atoms with Crippen LogP contribution >= 0.6 is 0 Å². The minimum atomic E-state index is -0.0853. The second-order valence-corrected chi connectivity index (χ2v) is 3.85. The number of hydrogen-bond donors (Lipinski definition) is 2. The molecule has 90 valence electrons. The molecule has 0 aromatic carbocycles. The Morgan fingerprint density at radius 1 is 1.69 bits per heavy atom. The van der Waals surface area contributed by atoms with Crippen LogP contribution in [0.3, 0.4) is 0 Å². The summed E-state index contributed by atoms with van der Waals surface area (Å²) in [6, 6.07) is 0. The lowest BCUT2D eigenvalue weighted by Crippen LogP contribution is -2.36. The minimum Gasteiger partial charge on any atom is -0.338 e. The van der Waals surface area contributed by atoms with E-state index in [1.54, 1.807) is 11.9 Å². The first-order valence-electron chi connectivity index (χ1n) is 5.48. The third kappa shape index (κ3) is 3.30. The molecule has 0 saturated carbocycles. The van der Waals surface area contributed by atoms with Gasteiger partial charge in [-0.15, -0.1) is 0 Å². The summed E-state index contributed by atoms with van der Waals surface area (Å²) in [6.45, 7) is 2.89. The third-order valence-corrected chi connectivity index (χ3v) is 2.50. The molecule has 0 radical (unpaired) electrons. The van der Waals surface area contributed by atoms with E-state index >= 15 is 0 Å². The lowest BCUT2D eigenvalue weighted by atomic mass is 10.0. The van der Waals surface area contributed by atoms with E-state index in [1.165, 1.54) is 6.33 Å². The molecule has 1 atom stereocenters. The summed E-state index contributed by atoms with van der Waals surface area (Å²) in [5.41, 5.74) is 5.59. The number of rotatable bonds is 6. The summed E-state index contributed by atoms with van der Waals surface area (Å²) in [6.07, 6.45) is 3.22. The van der Waals surface area contributed by atoms with Gasteiger partial charge in [0.1, 0.15) is 12.2 Å². The van der Waals surface area contributed by atoms with Gasteiger partial charge in [0.15, 0.2) is 0 Å². The molecule has 1 rings (SSSR count). The van der Waals surface area contributed by atoms with Gasteiger partial charge in [0.2, 0.25) is 5.91 Å². The fourth-order valence-corrected chi connectivity index (χ4v) is 1.61. The number of nitrogens with zero attached hydrogens (tertiary/aromatic N) is 3. The largest absolute Gasteiger partial charge is 0.338 e. The molecule has 0 aliphatic heterocycles. The normalized spacial score (nSPS) is 12.4. The van der Waals surface area contributed by atoms with Crippen LogP contribution in [-0.4, -0.2) is 39.6 Å². The molecule has 6 nitrogen and oxygen atoms in total. The molecular formula is C10H19N5O. The number of nitrogens with one attached hydrogen (secondary N) is 1. The Hall–Kier alpha value is -1.43. The second kappa shape index (κ2) is 6.22. The molecule has 3 N–H and O–H groups in total. The number of nitrogens with two attached hydrogens (primary N) is 1. The van der Waals surface area contributed by atoms with Gasteiger partial charge in [-0.1, -0.05) is 13.3 Å². The maximum Gasteiger partial charge on any atom is 0.227 e. The van der Waals surface area contributed by atoms with Gasteiger partial charge in [-0.05, 0) is 6.42 Å². The van der Waals surface area contributed by atoms with Crippen LogP contribution in [0.15, 0.2) is 6.33 Å². The number of carbonyl (C=O) groups excluding carboxylic acids is 1. The number of carbonyl (C=O) groups is 1. The lowest BCUT2D eigenvalue weighted by Gasteiger charge is -2.21. The molecular weight excluding hydrogens is 206 g/mol. The predicted octanol–water partition coefficient (Wildman–Crippen LogP) is 0.138. The molecule has 0 saturated heterocycles. The number of aromatic amines is 1. The Morgan fingerprint density at radius 3 is 2.94 bits per heavy atom. The number of H-pyrrole nitrogens is 1. The van der Waals surface area contributed by atoms with Crippen LogP contribution in [0.2, 0.25) is 0 Å². The number of amides is 1. The van der Waals surface area contributed by atoms with Crippen LogP contribution in [0.5, 0.6) is 0 Å². The quantitative estimate of drug-likeness (QED) is 0.720. The van der Waals surface area contributed by atoms with E-state index < -0.39 is 0 Å². The number of hydrogen-bond acceptors (Lipinski definition) is 4. The van der Waals surface area contributed by atoms with E-state index in [0.29, 0.717) is 18.9 Å². The highest BCUT2D eigenvalue weighted by atomic mass is 16.2. The maximum atomic E-state index is 12.0. The van der Waals surface area contributed by atoms with Crippen molar-refractivity contribution in [2.45, 2.75) is 26.3 Å². The second-order valence-electron chi connectivity index (χ2n) is 3.85. The molecule has 1 amide bonds. The Kier molecular flexibility index (Phi) is 4.91. The molecule has 1 aromatic rings. The smallest absolute Gasteiger partial charge is 0.227 e. The van der Waals surface area contributed by atoms with Crippen molar-refractivity contribution in [3.63, 3.8) is 0 Å².